The van der Waals surface area contributed by atoms with Gasteiger partial charge in [-0.15, -0.1) is 0 Å². The fourth-order valence-electron chi connectivity index (χ4n) is 0.863. The molecule has 0 aliphatic carbocycles. The summed E-state index contributed by atoms with van der Waals surface area (Å²) < 4.78 is 27.1. The Labute approximate surface area is 95.9 Å². The van der Waals surface area contributed by atoms with E-state index in [1.165, 1.54) is 0 Å². The molecule has 0 aliphatic rings. The van der Waals surface area contributed by atoms with Gasteiger partial charge in [-0.1, -0.05) is 0 Å². The number of carbonyl (C=O) groups excluding carboxylic acids is 1. The molecule has 1 unspecified atom stereocenters. The first-order valence-corrected chi connectivity index (χ1v) is 6.78. The lowest BCUT2D eigenvalue weighted by molar-refractivity contribution is 0.0526. The van der Waals surface area contributed by atoms with Crippen molar-refractivity contribution in [2.45, 2.75) is 31.6 Å². The van der Waals surface area contributed by atoms with E-state index in [1.807, 2.05) is 0 Å². The molecule has 16 heavy (non-hydrogen) atoms. The van der Waals surface area contributed by atoms with Gasteiger partial charge in [0.05, 0.1) is 6.61 Å². The van der Waals surface area contributed by atoms with Gasteiger partial charge in [0, 0.05) is 12.8 Å². The van der Waals surface area contributed by atoms with Crippen molar-refractivity contribution in [1.82, 2.24) is 5.32 Å². The number of sulfone groups is 1. The first kappa shape index (κ1) is 15.2. The van der Waals surface area contributed by atoms with Crippen LogP contribution in [0.4, 0.5) is 4.79 Å². The molecule has 0 aromatic heterocycles. The molecule has 0 saturated heterocycles. The van der Waals surface area contributed by atoms with Gasteiger partial charge in [0.15, 0.2) is 9.84 Å². The van der Waals surface area contributed by atoms with E-state index < -0.39 is 33.4 Å². The third kappa shape index (κ3) is 6.62. The van der Waals surface area contributed by atoms with E-state index in [4.69, 9.17) is 9.84 Å². The summed E-state index contributed by atoms with van der Waals surface area (Å²) in [6.07, 6.45) is 0.305. The first-order chi connectivity index (χ1) is 7.06. The molecule has 0 bridgehead atoms. The van der Waals surface area contributed by atoms with Crippen LogP contribution in [-0.4, -0.2) is 49.9 Å². The third-order valence-corrected chi connectivity index (χ3v) is 3.21. The number of hydrogen-bond donors (Lipinski definition) is 2. The second-order valence-electron chi connectivity index (χ2n) is 4.52. The summed E-state index contributed by atoms with van der Waals surface area (Å²) in [6.45, 7) is 4.41. The van der Waals surface area contributed by atoms with Gasteiger partial charge in [0.2, 0.25) is 0 Å². The number of ether oxygens (including phenoxy) is 1. The highest BCUT2D eigenvalue weighted by atomic mass is 32.2. The molecule has 1 atom stereocenters. The van der Waals surface area contributed by atoms with Gasteiger partial charge in [0.1, 0.15) is 10.9 Å². The van der Waals surface area contributed by atoms with Gasteiger partial charge < -0.3 is 15.2 Å². The number of nitrogens with one attached hydrogen (secondary N) is 1. The predicted molar refractivity (Wildman–Crippen MR) is 60.0 cm³/mol. The number of carbonyl (C=O) groups is 1. The highest BCUT2D eigenvalue weighted by Gasteiger charge is 2.22. The standard InChI is InChI=1S/C9H19NO5S/c1-9(2,3)15-8(12)10-5-7(6-11)16(4,13)14/h7,11H,5-6H2,1-4H3,(H,10,12). The van der Waals surface area contributed by atoms with E-state index in [2.05, 4.69) is 5.32 Å². The highest BCUT2D eigenvalue weighted by molar-refractivity contribution is 7.91. The summed E-state index contributed by atoms with van der Waals surface area (Å²) in [6, 6.07) is 0. The maximum atomic E-state index is 11.2. The molecular formula is C9H19NO5S. The summed E-state index contributed by atoms with van der Waals surface area (Å²) >= 11 is 0. The van der Waals surface area contributed by atoms with Crippen molar-refractivity contribution in [2.24, 2.45) is 0 Å². The van der Waals surface area contributed by atoms with Crippen molar-refractivity contribution in [1.29, 1.82) is 0 Å². The molecule has 0 saturated carbocycles. The zero-order valence-electron chi connectivity index (χ0n) is 9.98. The average Bonchev–Trinajstić information content (AvgIpc) is 1.98. The van der Waals surface area contributed by atoms with Gasteiger partial charge in [0.25, 0.3) is 0 Å². The zero-order chi connectivity index (χ0) is 13.0. The maximum absolute atomic E-state index is 11.2. The van der Waals surface area contributed by atoms with Crippen LogP contribution in [0.15, 0.2) is 0 Å². The highest BCUT2D eigenvalue weighted by Crippen LogP contribution is 2.06. The van der Waals surface area contributed by atoms with Crippen LogP contribution in [-0.2, 0) is 14.6 Å². The Kier molecular flexibility index (Phi) is 5.21. The summed E-state index contributed by atoms with van der Waals surface area (Å²) in [7, 11) is -3.37. The van der Waals surface area contributed by atoms with Gasteiger partial charge in [-0.05, 0) is 20.8 Å². The smallest absolute Gasteiger partial charge is 0.407 e. The lowest BCUT2D eigenvalue weighted by Crippen LogP contribution is -2.40. The molecule has 0 fully saturated rings. The molecular weight excluding hydrogens is 234 g/mol. The van der Waals surface area contributed by atoms with Crippen LogP contribution in [0.3, 0.4) is 0 Å². The Balaban J connectivity index is 4.20. The summed E-state index contributed by atoms with van der Waals surface area (Å²) in [5.74, 6) is 0. The fraction of sp³-hybridized carbons (Fsp3) is 0.889. The fourth-order valence-corrected chi connectivity index (χ4v) is 1.52. The number of aliphatic hydroxyl groups is 1. The molecule has 96 valence electrons. The summed E-state index contributed by atoms with van der Waals surface area (Å²) in [5.41, 5.74) is -0.635. The van der Waals surface area contributed by atoms with Crippen molar-refractivity contribution < 1.29 is 23.1 Å². The van der Waals surface area contributed by atoms with Gasteiger partial charge >= 0.3 is 6.09 Å². The van der Waals surface area contributed by atoms with Gasteiger partial charge in [-0.25, -0.2) is 13.2 Å². The van der Waals surface area contributed by atoms with E-state index in [1.54, 1.807) is 20.8 Å². The second kappa shape index (κ2) is 5.49. The SMILES string of the molecule is CC(C)(C)OC(=O)NCC(CO)S(C)(=O)=O. The Morgan fingerprint density at radius 3 is 2.25 bits per heavy atom. The van der Waals surface area contributed by atoms with E-state index in [0.717, 1.165) is 6.26 Å². The lowest BCUT2D eigenvalue weighted by Gasteiger charge is -2.20. The van der Waals surface area contributed by atoms with Crippen molar-refractivity contribution >= 4 is 15.9 Å². The Bertz CT molecular complexity index is 330. The third-order valence-electron chi connectivity index (χ3n) is 1.68. The molecule has 0 aliphatic heterocycles. The van der Waals surface area contributed by atoms with Crippen molar-refractivity contribution in [3.8, 4) is 0 Å². The number of alkyl carbamates (subject to hydrolysis) is 1. The number of hydrogen-bond acceptors (Lipinski definition) is 5. The van der Waals surface area contributed by atoms with E-state index in [9.17, 15) is 13.2 Å². The minimum atomic E-state index is -3.37. The molecule has 6 nitrogen and oxygen atoms in total. The van der Waals surface area contributed by atoms with Crippen LogP contribution >= 0.6 is 0 Å². The molecule has 2 N–H and O–H groups in total. The van der Waals surface area contributed by atoms with Crippen LogP contribution in [0.1, 0.15) is 20.8 Å². The Morgan fingerprint density at radius 1 is 1.44 bits per heavy atom. The van der Waals surface area contributed by atoms with E-state index in [0.29, 0.717) is 0 Å². The largest absolute Gasteiger partial charge is 0.444 e. The Hall–Kier alpha value is -0.820. The topological polar surface area (TPSA) is 92.7 Å². The van der Waals surface area contributed by atoms with Crippen LogP contribution in [0.5, 0.6) is 0 Å². The summed E-state index contributed by atoms with van der Waals surface area (Å²) in [4.78, 5) is 11.2. The predicted octanol–water partition coefficient (Wildman–Crippen LogP) is -0.0834. The van der Waals surface area contributed by atoms with E-state index >= 15 is 0 Å². The zero-order valence-corrected chi connectivity index (χ0v) is 10.8. The quantitative estimate of drug-likeness (QED) is 0.731. The van der Waals surface area contributed by atoms with Crippen molar-refractivity contribution in [3.63, 3.8) is 0 Å². The minimum Gasteiger partial charge on any atom is -0.444 e. The van der Waals surface area contributed by atoms with Crippen LogP contribution in [0.2, 0.25) is 0 Å². The number of amides is 1. The van der Waals surface area contributed by atoms with Crippen LogP contribution in [0.25, 0.3) is 0 Å². The monoisotopic (exact) mass is 253 g/mol. The van der Waals surface area contributed by atoms with Crippen LogP contribution in [0, 0.1) is 0 Å². The molecule has 0 radical (unpaired) electrons. The minimum absolute atomic E-state index is 0.162. The maximum Gasteiger partial charge on any atom is 0.407 e. The second-order valence-corrected chi connectivity index (χ2v) is 6.84. The normalized spacial score (nSPS) is 14.3. The first-order valence-electron chi connectivity index (χ1n) is 4.83. The number of rotatable bonds is 4. The number of aliphatic hydroxyl groups excluding tert-OH is 1. The average molecular weight is 253 g/mol. The van der Waals surface area contributed by atoms with E-state index in [-0.39, 0.29) is 6.54 Å². The van der Waals surface area contributed by atoms with Crippen LogP contribution < -0.4 is 5.32 Å². The van der Waals surface area contributed by atoms with Crippen molar-refractivity contribution in [2.75, 3.05) is 19.4 Å². The molecule has 0 rings (SSSR count). The molecule has 0 aromatic rings. The molecule has 0 aromatic carbocycles. The van der Waals surface area contributed by atoms with Crippen molar-refractivity contribution in [3.05, 3.63) is 0 Å². The molecule has 1 amide bonds. The van der Waals surface area contributed by atoms with Gasteiger partial charge in [-0.2, -0.15) is 0 Å². The van der Waals surface area contributed by atoms with Gasteiger partial charge in [-0.3, -0.25) is 0 Å². The Morgan fingerprint density at radius 2 is 1.94 bits per heavy atom. The molecule has 0 spiro atoms. The summed E-state index contributed by atoms with van der Waals surface area (Å²) in [5, 5.41) is 10.1. The molecule has 0 heterocycles. The lowest BCUT2D eigenvalue weighted by atomic mass is 10.2. The molecule has 7 heteroatoms.